The first-order chi connectivity index (χ1) is 8.49. The molecule has 0 bridgehead atoms. The second-order valence-corrected chi connectivity index (χ2v) is 7.40. The van der Waals surface area contributed by atoms with E-state index in [1.165, 1.54) is 5.56 Å². The first kappa shape index (κ1) is 13.8. The van der Waals surface area contributed by atoms with Gasteiger partial charge in [0.2, 0.25) is 0 Å². The van der Waals surface area contributed by atoms with Gasteiger partial charge in [0, 0.05) is 10.9 Å². The minimum atomic E-state index is -0.978. The predicted octanol–water partition coefficient (Wildman–Crippen LogP) is 2.86. The van der Waals surface area contributed by atoms with Crippen molar-refractivity contribution in [1.82, 2.24) is 0 Å². The third-order valence-electron chi connectivity index (χ3n) is 3.93. The van der Waals surface area contributed by atoms with Gasteiger partial charge in [0.05, 0.1) is 16.0 Å². The molecular formula is C15H23NOS. The SMILES string of the molecule is Cc1ccc(S(=O)C2C(C)CC(C)CC2N)cc1. The fourth-order valence-corrected chi connectivity index (χ4v) is 4.77. The lowest BCUT2D eigenvalue weighted by Gasteiger charge is -2.37. The quantitative estimate of drug-likeness (QED) is 0.893. The largest absolute Gasteiger partial charge is 0.327 e. The van der Waals surface area contributed by atoms with Crippen LogP contribution in [0, 0.1) is 18.8 Å². The number of hydrogen-bond acceptors (Lipinski definition) is 2. The summed E-state index contributed by atoms with van der Waals surface area (Å²) >= 11 is 0. The molecule has 18 heavy (non-hydrogen) atoms. The van der Waals surface area contributed by atoms with Gasteiger partial charge in [0.25, 0.3) is 0 Å². The van der Waals surface area contributed by atoms with Crippen molar-refractivity contribution in [2.24, 2.45) is 17.6 Å². The topological polar surface area (TPSA) is 43.1 Å². The summed E-state index contributed by atoms with van der Waals surface area (Å²) in [5.74, 6) is 1.09. The van der Waals surface area contributed by atoms with Crippen molar-refractivity contribution in [2.75, 3.05) is 0 Å². The second kappa shape index (κ2) is 5.54. The van der Waals surface area contributed by atoms with E-state index in [-0.39, 0.29) is 11.3 Å². The maximum absolute atomic E-state index is 12.7. The Morgan fingerprint density at radius 1 is 1.17 bits per heavy atom. The molecule has 100 valence electrons. The Balaban J connectivity index is 2.19. The van der Waals surface area contributed by atoms with Crippen molar-refractivity contribution in [1.29, 1.82) is 0 Å². The Morgan fingerprint density at radius 2 is 1.78 bits per heavy atom. The zero-order valence-corrected chi connectivity index (χ0v) is 12.2. The molecule has 3 heteroatoms. The van der Waals surface area contributed by atoms with Crippen LogP contribution in [0.2, 0.25) is 0 Å². The first-order valence-corrected chi connectivity index (χ1v) is 7.93. The third kappa shape index (κ3) is 2.83. The Kier molecular flexibility index (Phi) is 4.23. The maximum Gasteiger partial charge on any atom is 0.0579 e. The molecule has 1 aromatic rings. The predicted molar refractivity (Wildman–Crippen MR) is 76.9 cm³/mol. The molecule has 0 aromatic heterocycles. The van der Waals surface area contributed by atoms with E-state index in [9.17, 15) is 4.21 Å². The van der Waals surface area contributed by atoms with E-state index in [0.717, 1.165) is 17.7 Å². The van der Waals surface area contributed by atoms with Gasteiger partial charge < -0.3 is 5.73 Å². The van der Waals surface area contributed by atoms with Crippen LogP contribution in [0.25, 0.3) is 0 Å². The van der Waals surface area contributed by atoms with Crippen LogP contribution >= 0.6 is 0 Å². The number of aryl methyl sites for hydroxylation is 1. The van der Waals surface area contributed by atoms with E-state index < -0.39 is 10.8 Å². The number of hydrogen-bond donors (Lipinski definition) is 1. The first-order valence-electron chi connectivity index (χ1n) is 6.72. The monoisotopic (exact) mass is 265 g/mol. The van der Waals surface area contributed by atoms with Crippen molar-refractivity contribution in [3.05, 3.63) is 29.8 Å². The van der Waals surface area contributed by atoms with E-state index in [0.29, 0.717) is 11.8 Å². The summed E-state index contributed by atoms with van der Waals surface area (Å²) in [6.07, 6.45) is 2.13. The van der Waals surface area contributed by atoms with Crippen LogP contribution in [0.5, 0.6) is 0 Å². The van der Waals surface area contributed by atoms with Gasteiger partial charge in [0.15, 0.2) is 0 Å². The number of benzene rings is 1. The highest BCUT2D eigenvalue weighted by Crippen LogP contribution is 2.33. The fourth-order valence-electron chi connectivity index (χ4n) is 3.09. The molecule has 2 rings (SSSR count). The third-order valence-corrected chi connectivity index (χ3v) is 5.98. The summed E-state index contributed by atoms with van der Waals surface area (Å²) in [5.41, 5.74) is 7.43. The average Bonchev–Trinajstić information content (AvgIpc) is 2.28. The van der Waals surface area contributed by atoms with Gasteiger partial charge in [-0.05, 0) is 43.7 Å². The normalized spacial score (nSPS) is 34.2. The molecule has 0 saturated heterocycles. The Hall–Kier alpha value is -0.670. The van der Waals surface area contributed by atoms with E-state index in [1.54, 1.807) is 0 Å². The lowest BCUT2D eigenvalue weighted by Crippen LogP contribution is -2.47. The highest BCUT2D eigenvalue weighted by atomic mass is 32.2. The van der Waals surface area contributed by atoms with Gasteiger partial charge in [-0.1, -0.05) is 31.5 Å². The highest BCUT2D eigenvalue weighted by molar-refractivity contribution is 7.85. The van der Waals surface area contributed by atoms with Crippen molar-refractivity contribution < 1.29 is 4.21 Å². The van der Waals surface area contributed by atoms with Crippen LogP contribution in [0.3, 0.4) is 0 Å². The molecule has 5 unspecified atom stereocenters. The van der Waals surface area contributed by atoms with Crippen LogP contribution in [-0.4, -0.2) is 15.5 Å². The molecule has 1 aliphatic rings. The van der Waals surface area contributed by atoms with Crippen molar-refractivity contribution >= 4 is 10.8 Å². The molecule has 0 heterocycles. The summed E-state index contributed by atoms with van der Waals surface area (Å²) in [4.78, 5) is 0.919. The standard InChI is InChI=1S/C15H23NOS/c1-10-4-6-13(7-5-10)18(17)15-12(3)8-11(2)9-14(15)16/h4-7,11-12,14-15H,8-9,16H2,1-3H3. The van der Waals surface area contributed by atoms with E-state index >= 15 is 0 Å². The van der Waals surface area contributed by atoms with Crippen LogP contribution in [0.1, 0.15) is 32.3 Å². The molecule has 5 atom stereocenters. The van der Waals surface area contributed by atoms with Crippen molar-refractivity contribution in [2.45, 2.75) is 49.8 Å². The average molecular weight is 265 g/mol. The minimum absolute atomic E-state index is 0.0610. The van der Waals surface area contributed by atoms with Gasteiger partial charge in [-0.3, -0.25) is 4.21 Å². The Labute approximate surface area is 112 Å². The van der Waals surface area contributed by atoms with Gasteiger partial charge >= 0.3 is 0 Å². The lowest BCUT2D eigenvalue weighted by atomic mass is 9.80. The molecule has 2 nitrogen and oxygen atoms in total. The second-order valence-electron chi connectivity index (χ2n) is 5.79. The van der Waals surface area contributed by atoms with Crippen LogP contribution in [0.15, 0.2) is 29.2 Å². The Morgan fingerprint density at radius 3 is 2.33 bits per heavy atom. The lowest BCUT2D eigenvalue weighted by molar-refractivity contribution is 0.275. The molecule has 1 fully saturated rings. The van der Waals surface area contributed by atoms with Crippen LogP contribution in [0.4, 0.5) is 0 Å². The summed E-state index contributed by atoms with van der Waals surface area (Å²) in [7, 11) is -0.978. The van der Waals surface area contributed by atoms with Crippen molar-refractivity contribution in [3.8, 4) is 0 Å². The van der Waals surface area contributed by atoms with Gasteiger partial charge in [-0.2, -0.15) is 0 Å². The summed E-state index contributed by atoms with van der Waals surface area (Å²) in [6.45, 7) is 6.47. The highest BCUT2D eigenvalue weighted by Gasteiger charge is 2.36. The molecule has 0 radical (unpaired) electrons. The molecular weight excluding hydrogens is 242 g/mol. The zero-order chi connectivity index (χ0) is 13.3. The van der Waals surface area contributed by atoms with E-state index in [1.807, 2.05) is 31.2 Å². The molecule has 0 aliphatic heterocycles. The van der Waals surface area contributed by atoms with Gasteiger partial charge in [0.1, 0.15) is 0 Å². The molecule has 0 amide bonds. The molecule has 1 aromatic carbocycles. The minimum Gasteiger partial charge on any atom is -0.327 e. The zero-order valence-electron chi connectivity index (χ0n) is 11.4. The molecule has 1 saturated carbocycles. The van der Waals surface area contributed by atoms with Crippen LogP contribution in [-0.2, 0) is 10.8 Å². The maximum atomic E-state index is 12.7. The smallest absolute Gasteiger partial charge is 0.0579 e. The fraction of sp³-hybridized carbons (Fsp3) is 0.600. The van der Waals surface area contributed by atoms with Gasteiger partial charge in [-0.15, -0.1) is 0 Å². The molecule has 0 spiro atoms. The molecule has 1 aliphatic carbocycles. The van der Waals surface area contributed by atoms with Crippen LogP contribution < -0.4 is 5.73 Å². The van der Waals surface area contributed by atoms with Gasteiger partial charge in [-0.25, -0.2) is 0 Å². The Bertz CT molecular complexity index is 417. The number of nitrogens with two attached hydrogens (primary N) is 1. The summed E-state index contributed by atoms with van der Waals surface area (Å²) < 4.78 is 12.7. The van der Waals surface area contributed by atoms with E-state index in [2.05, 4.69) is 13.8 Å². The molecule has 2 N–H and O–H groups in total. The summed E-state index contributed by atoms with van der Waals surface area (Å²) in [6, 6.07) is 8.06. The van der Waals surface area contributed by atoms with E-state index in [4.69, 9.17) is 5.73 Å². The number of rotatable bonds is 2. The van der Waals surface area contributed by atoms with Crippen molar-refractivity contribution in [3.63, 3.8) is 0 Å². The summed E-state index contributed by atoms with van der Waals surface area (Å²) in [5, 5.41) is 0.101.